The Kier molecular flexibility index (Phi) is 5.11. The minimum absolute atomic E-state index is 0.130. The SMILES string of the molecule is Cc1cnc(Cl)nc1N[C@@H]1CCCN(C(=O)OC(C)(C)C)C1. The van der Waals surface area contributed by atoms with Crippen LogP contribution in [-0.4, -0.2) is 45.7 Å². The fourth-order valence-electron chi connectivity index (χ4n) is 2.35. The van der Waals surface area contributed by atoms with E-state index in [9.17, 15) is 4.79 Å². The van der Waals surface area contributed by atoms with Crippen LogP contribution in [-0.2, 0) is 4.74 Å². The maximum Gasteiger partial charge on any atom is 0.410 e. The van der Waals surface area contributed by atoms with Gasteiger partial charge in [0.15, 0.2) is 0 Å². The van der Waals surface area contributed by atoms with Crippen molar-refractivity contribution in [1.82, 2.24) is 14.9 Å². The van der Waals surface area contributed by atoms with E-state index in [4.69, 9.17) is 16.3 Å². The summed E-state index contributed by atoms with van der Waals surface area (Å²) in [5.74, 6) is 0.719. The molecule has 1 aromatic rings. The summed E-state index contributed by atoms with van der Waals surface area (Å²) >= 11 is 5.84. The highest BCUT2D eigenvalue weighted by Crippen LogP contribution is 2.20. The van der Waals surface area contributed by atoms with Gasteiger partial charge in [0.1, 0.15) is 11.4 Å². The minimum atomic E-state index is -0.478. The number of likely N-dealkylation sites (tertiary alicyclic amines) is 1. The Morgan fingerprint density at radius 1 is 1.50 bits per heavy atom. The van der Waals surface area contributed by atoms with Gasteiger partial charge in [-0.3, -0.25) is 0 Å². The lowest BCUT2D eigenvalue weighted by atomic mass is 10.1. The molecule has 7 heteroatoms. The summed E-state index contributed by atoms with van der Waals surface area (Å²) in [7, 11) is 0. The Balaban J connectivity index is 1.98. The Morgan fingerprint density at radius 3 is 2.91 bits per heavy atom. The van der Waals surface area contributed by atoms with Crippen LogP contribution in [0.2, 0.25) is 5.28 Å². The molecule has 1 N–H and O–H groups in total. The normalized spacial score (nSPS) is 19.0. The van der Waals surface area contributed by atoms with Crippen molar-refractivity contribution >= 4 is 23.5 Å². The summed E-state index contributed by atoms with van der Waals surface area (Å²) in [4.78, 5) is 22.1. The molecular formula is C15H23ClN4O2. The first-order valence-corrected chi connectivity index (χ1v) is 7.86. The summed E-state index contributed by atoms with van der Waals surface area (Å²) in [5.41, 5.74) is 0.451. The number of nitrogens with one attached hydrogen (secondary N) is 1. The van der Waals surface area contributed by atoms with Crippen molar-refractivity contribution in [3.63, 3.8) is 0 Å². The molecule has 2 heterocycles. The number of carbonyl (C=O) groups excluding carboxylic acids is 1. The zero-order valence-corrected chi connectivity index (χ0v) is 14.3. The van der Waals surface area contributed by atoms with Gasteiger partial charge in [0.25, 0.3) is 0 Å². The second-order valence-corrected chi connectivity index (χ2v) is 6.92. The van der Waals surface area contributed by atoms with Gasteiger partial charge in [-0.1, -0.05) is 0 Å². The van der Waals surface area contributed by atoms with Crippen molar-refractivity contribution in [2.75, 3.05) is 18.4 Å². The number of aromatic nitrogens is 2. The van der Waals surface area contributed by atoms with Crippen LogP contribution in [0.3, 0.4) is 0 Å². The first-order valence-electron chi connectivity index (χ1n) is 7.48. The quantitative estimate of drug-likeness (QED) is 0.845. The first-order chi connectivity index (χ1) is 10.2. The Labute approximate surface area is 136 Å². The molecule has 122 valence electrons. The zero-order valence-electron chi connectivity index (χ0n) is 13.5. The number of piperidine rings is 1. The molecular weight excluding hydrogens is 304 g/mol. The van der Waals surface area contributed by atoms with E-state index in [0.29, 0.717) is 6.54 Å². The second-order valence-electron chi connectivity index (χ2n) is 6.58. The number of ether oxygens (including phenoxy) is 1. The number of halogens is 1. The van der Waals surface area contributed by atoms with Gasteiger partial charge in [0, 0.05) is 30.9 Å². The maximum absolute atomic E-state index is 12.2. The number of hydrogen-bond donors (Lipinski definition) is 1. The van der Waals surface area contributed by atoms with Crippen LogP contribution in [0.25, 0.3) is 0 Å². The van der Waals surface area contributed by atoms with Crippen LogP contribution in [0, 0.1) is 6.92 Å². The number of rotatable bonds is 2. The average molecular weight is 327 g/mol. The van der Waals surface area contributed by atoms with Gasteiger partial charge in [0.05, 0.1) is 0 Å². The highest BCUT2D eigenvalue weighted by Gasteiger charge is 2.27. The van der Waals surface area contributed by atoms with Crippen molar-refractivity contribution in [2.24, 2.45) is 0 Å². The molecule has 1 aromatic heterocycles. The Morgan fingerprint density at radius 2 is 2.23 bits per heavy atom. The van der Waals surface area contributed by atoms with E-state index in [1.54, 1.807) is 11.1 Å². The Hall–Kier alpha value is -1.56. The molecule has 1 atom stereocenters. The molecule has 0 radical (unpaired) electrons. The third-order valence-corrected chi connectivity index (χ3v) is 3.54. The first kappa shape index (κ1) is 16.8. The summed E-state index contributed by atoms with van der Waals surface area (Å²) in [6.45, 7) is 8.85. The molecule has 0 unspecified atom stereocenters. The van der Waals surface area contributed by atoms with Gasteiger partial charge in [-0.2, -0.15) is 0 Å². The van der Waals surface area contributed by atoms with Crippen molar-refractivity contribution < 1.29 is 9.53 Å². The predicted molar refractivity (Wildman–Crippen MR) is 86.2 cm³/mol. The molecule has 2 rings (SSSR count). The third kappa shape index (κ3) is 4.73. The molecule has 1 aliphatic rings. The van der Waals surface area contributed by atoms with E-state index in [-0.39, 0.29) is 17.4 Å². The van der Waals surface area contributed by atoms with Crippen molar-refractivity contribution in [3.05, 3.63) is 17.0 Å². The molecule has 0 aliphatic carbocycles. The van der Waals surface area contributed by atoms with Crippen molar-refractivity contribution in [1.29, 1.82) is 0 Å². The average Bonchev–Trinajstić information content (AvgIpc) is 2.41. The third-order valence-electron chi connectivity index (χ3n) is 3.36. The fraction of sp³-hybridized carbons (Fsp3) is 0.667. The minimum Gasteiger partial charge on any atom is -0.444 e. The number of hydrogen-bond acceptors (Lipinski definition) is 5. The lowest BCUT2D eigenvalue weighted by Gasteiger charge is -2.34. The molecule has 1 amide bonds. The summed E-state index contributed by atoms with van der Waals surface area (Å²) in [6.07, 6.45) is 3.32. The zero-order chi connectivity index (χ0) is 16.3. The molecule has 0 aromatic carbocycles. The van der Waals surface area contributed by atoms with E-state index >= 15 is 0 Å². The van der Waals surface area contributed by atoms with Gasteiger partial charge in [-0.15, -0.1) is 0 Å². The van der Waals surface area contributed by atoms with Gasteiger partial charge in [-0.05, 0) is 52.1 Å². The van der Waals surface area contributed by atoms with E-state index in [2.05, 4.69) is 15.3 Å². The summed E-state index contributed by atoms with van der Waals surface area (Å²) < 4.78 is 5.43. The van der Waals surface area contributed by atoms with Crippen LogP contribution in [0.5, 0.6) is 0 Å². The predicted octanol–water partition coefficient (Wildman–Crippen LogP) is 3.25. The molecule has 0 spiro atoms. The molecule has 1 saturated heterocycles. The number of anilines is 1. The van der Waals surface area contributed by atoms with Gasteiger partial charge < -0.3 is 15.0 Å². The van der Waals surface area contributed by atoms with E-state index in [1.165, 1.54) is 0 Å². The Bertz CT molecular complexity index is 545. The monoisotopic (exact) mass is 326 g/mol. The van der Waals surface area contributed by atoms with Crippen LogP contribution in [0.1, 0.15) is 39.2 Å². The molecule has 1 aliphatic heterocycles. The largest absolute Gasteiger partial charge is 0.444 e. The van der Waals surface area contributed by atoms with E-state index < -0.39 is 5.60 Å². The molecule has 22 heavy (non-hydrogen) atoms. The number of aryl methyl sites for hydroxylation is 1. The van der Waals surface area contributed by atoms with E-state index in [1.807, 2.05) is 27.7 Å². The van der Waals surface area contributed by atoms with Crippen LogP contribution >= 0.6 is 11.6 Å². The van der Waals surface area contributed by atoms with Gasteiger partial charge >= 0.3 is 6.09 Å². The fourth-order valence-corrected chi connectivity index (χ4v) is 2.48. The van der Waals surface area contributed by atoms with Gasteiger partial charge in [-0.25, -0.2) is 14.8 Å². The molecule has 0 bridgehead atoms. The van der Waals surface area contributed by atoms with E-state index in [0.717, 1.165) is 30.8 Å². The maximum atomic E-state index is 12.2. The van der Waals surface area contributed by atoms with Crippen LogP contribution < -0.4 is 5.32 Å². The lowest BCUT2D eigenvalue weighted by molar-refractivity contribution is 0.0206. The summed E-state index contributed by atoms with van der Waals surface area (Å²) in [5, 5.41) is 3.57. The lowest BCUT2D eigenvalue weighted by Crippen LogP contribution is -2.47. The smallest absolute Gasteiger partial charge is 0.410 e. The topological polar surface area (TPSA) is 67.4 Å². The molecule has 0 saturated carbocycles. The van der Waals surface area contributed by atoms with Crippen molar-refractivity contribution in [2.45, 2.75) is 52.2 Å². The number of amides is 1. The van der Waals surface area contributed by atoms with Crippen LogP contribution in [0.15, 0.2) is 6.20 Å². The summed E-state index contributed by atoms with van der Waals surface area (Å²) in [6, 6.07) is 0.130. The second kappa shape index (κ2) is 6.69. The standard InChI is InChI=1S/C15H23ClN4O2/c1-10-8-17-13(16)19-12(10)18-11-6-5-7-20(9-11)14(21)22-15(2,3)4/h8,11H,5-7,9H2,1-4H3,(H,17,18,19)/t11-/m1/s1. The number of nitrogens with zero attached hydrogens (tertiary/aromatic N) is 3. The molecule has 1 fully saturated rings. The highest BCUT2D eigenvalue weighted by molar-refractivity contribution is 6.28. The van der Waals surface area contributed by atoms with Crippen molar-refractivity contribution in [3.8, 4) is 0 Å². The molecule has 6 nitrogen and oxygen atoms in total. The highest BCUT2D eigenvalue weighted by atomic mass is 35.5. The van der Waals surface area contributed by atoms with Crippen LogP contribution in [0.4, 0.5) is 10.6 Å². The van der Waals surface area contributed by atoms with Gasteiger partial charge in [0.2, 0.25) is 5.28 Å². The number of carbonyl (C=O) groups is 1.